The Hall–Kier alpha value is -1.36. The van der Waals surface area contributed by atoms with Crippen LogP contribution in [0.3, 0.4) is 0 Å². The minimum atomic E-state index is 0.757. The van der Waals surface area contributed by atoms with Crippen molar-refractivity contribution in [3.63, 3.8) is 0 Å². The van der Waals surface area contributed by atoms with Crippen molar-refractivity contribution in [1.82, 2.24) is 9.97 Å². The number of aryl methyl sites for hydroxylation is 1. The van der Waals surface area contributed by atoms with Gasteiger partial charge in [-0.15, -0.1) is 0 Å². The van der Waals surface area contributed by atoms with Gasteiger partial charge in [-0.1, -0.05) is 6.92 Å². The van der Waals surface area contributed by atoms with Crippen molar-refractivity contribution < 1.29 is 4.74 Å². The van der Waals surface area contributed by atoms with Gasteiger partial charge in [-0.3, -0.25) is 0 Å². The Morgan fingerprint density at radius 2 is 2.05 bits per heavy atom. The second-order valence-corrected chi connectivity index (χ2v) is 5.93. The molecule has 1 aliphatic rings. The Bertz CT molecular complexity index is 460. The van der Waals surface area contributed by atoms with E-state index in [-0.39, 0.29) is 0 Å². The summed E-state index contributed by atoms with van der Waals surface area (Å²) >= 11 is 0. The second-order valence-electron chi connectivity index (χ2n) is 5.93. The van der Waals surface area contributed by atoms with Crippen molar-refractivity contribution in [2.45, 2.75) is 40.0 Å². The number of hydrogen-bond donors (Lipinski definition) is 1. The van der Waals surface area contributed by atoms with E-state index in [1.807, 2.05) is 6.92 Å². The molecule has 21 heavy (non-hydrogen) atoms. The normalized spacial score (nSPS) is 14.3. The number of nitrogens with one attached hydrogen (secondary N) is 1. The number of hydrogen-bond acceptors (Lipinski definition) is 5. The third kappa shape index (κ3) is 4.84. The van der Waals surface area contributed by atoms with E-state index >= 15 is 0 Å². The Morgan fingerprint density at radius 3 is 2.71 bits per heavy atom. The largest absolute Gasteiger partial charge is 0.379 e. The van der Waals surface area contributed by atoms with E-state index in [4.69, 9.17) is 4.74 Å². The lowest BCUT2D eigenvalue weighted by Crippen LogP contribution is -2.25. The van der Waals surface area contributed by atoms with Crippen molar-refractivity contribution in [2.24, 2.45) is 5.92 Å². The molecule has 0 spiro atoms. The second kappa shape index (κ2) is 7.59. The van der Waals surface area contributed by atoms with Crippen molar-refractivity contribution in [3.05, 3.63) is 11.4 Å². The van der Waals surface area contributed by atoms with Crippen molar-refractivity contribution in [3.8, 4) is 0 Å². The molecule has 1 N–H and O–H groups in total. The fraction of sp³-hybridized carbons (Fsp3) is 0.750. The molecule has 2 rings (SSSR count). The minimum absolute atomic E-state index is 0.757. The van der Waals surface area contributed by atoms with E-state index in [9.17, 15) is 0 Å². The molecule has 0 aliphatic heterocycles. The topological polar surface area (TPSA) is 50.3 Å². The number of likely N-dealkylation sites (N-methyl/N-ethyl adjacent to an activating group) is 1. The monoisotopic (exact) mass is 292 g/mol. The molecular weight excluding hydrogens is 264 g/mol. The molecule has 1 aromatic rings. The molecule has 0 atom stereocenters. The summed E-state index contributed by atoms with van der Waals surface area (Å²) in [5, 5.41) is 3.38. The smallest absolute Gasteiger partial charge is 0.137 e. The zero-order valence-corrected chi connectivity index (χ0v) is 13.8. The summed E-state index contributed by atoms with van der Waals surface area (Å²) in [6.45, 7) is 9.64. The lowest BCUT2D eigenvalue weighted by Gasteiger charge is -2.22. The molecule has 0 unspecified atom stereocenters. The Kier molecular flexibility index (Phi) is 5.79. The van der Waals surface area contributed by atoms with Gasteiger partial charge in [0.1, 0.15) is 17.5 Å². The van der Waals surface area contributed by atoms with Gasteiger partial charge in [-0.05, 0) is 39.0 Å². The fourth-order valence-corrected chi connectivity index (χ4v) is 2.24. The van der Waals surface area contributed by atoms with Crippen LogP contribution < -0.4 is 10.2 Å². The van der Waals surface area contributed by atoms with Crippen LogP contribution in [0, 0.1) is 19.8 Å². The average molecular weight is 292 g/mol. The number of aromatic nitrogens is 2. The van der Waals surface area contributed by atoms with E-state index in [1.165, 1.54) is 12.8 Å². The molecule has 0 saturated heterocycles. The van der Waals surface area contributed by atoms with Crippen molar-refractivity contribution in [2.75, 3.05) is 43.6 Å². The molecule has 1 aromatic heterocycles. The van der Waals surface area contributed by atoms with Crippen LogP contribution in [0.2, 0.25) is 0 Å². The van der Waals surface area contributed by atoms with E-state index in [1.54, 1.807) is 0 Å². The SMILES string of the molecule is CCCNc1nc(C)nc(N(C)CCOCC2CC2)c1C. The highest BCUT2D eigenvalue weighted by Gasteiger charge is 2.21. The van der Waals surface area contributed by atoms with Crippen LogP contribution in [-0.2, 0) is 4.74 Å². The Morgan fingerprint density at radius 1 is 1.29 bits per heavy atom. The molecule has 5 nitrogen and oxygen atoms in total. The average Bonchev–Trinajstić information content (AvgIpc) is 3.28. The van der Waals surface area contributed by atoms with Gasteiger partial charge in [0.25, 0.3) is 0 Å². The summed E-state index contributed by atoms with van der Waals surface area (Å²) < 4.78 is 5.71. The summed E-state index contributed by atoms with van der Waals surface area (Å²) in [6, 6.07) is 0. The van der Waals surface area contributed by atoms with Crippen molar-refractivity contribution >= 4 is 11.6 Å². The molecule has 0 aromatic carbocycles. The predicted octanol–water partition coefficient (Wildman–Crippen LogP) is 2.78. The first-order chi connectivity index (χ1) is 10.1. The molecule has 0 radical (unpaired) electrons. The third-order valence-electron chi connectivity index (χ3n) is 3.76. The van der Waals surface area contributed by atoms with E-state index < -0.39 is 0 Å². The molecule has 1 heterocycles. The Labute approximate surface area is 128 Å². The van der Waals surface area contributed by atoms with Crippen LogP contribution in [0.1, 0.15) is 37.6 Å². The van der Waals surface area contributed by atoms with Gasteiger partial charge in [0.2, 0.25) is 0 Å². The summed E-state index contributed by atoms with van der Waals surface area (Å²) in [6.07, 6.45) is 3.77. The zero-order valence-electron chi connectivity index (χ0n) is 13.8. The first-order valence-corrected chi connectivity index (χ1v) is 7.99. The maximum atomic E-state index is 5.71. The number of rotatable bonds is 9. The van der Waals surface area contributed by atoms with Gasteiger partial charge in [-0.25, -0.2) is 9.97 Å². The first kappa shape index (κ1) is 16.0. The maximum absolute atomic E-state index is 5.71. The van der Waals surface area contributed by atoms with Crippen LogP contribution in [0.5, 0.6) is 0 Å². The maximum Gasteiger partial charge on any atom is 0.137 e. The molecule has 0 bridgehead atoms. The quantitative estimate of drug-likeness (QED) is 0.709. The first-order valence-electron chi connectivity index (χ1n) is 7.99. The van der Waals surface area contributed by atoms with Crippen LogP contribution in [0.25, 0.3) is 0 Å². The van der Waals surface area contributed by atoms with Gasteiger partial charge >= 0.3 is 0 Å². The van der Waals surface area contributed by atoms with E-state index in [0.29, 0.717) is 0 Å². The Balaban J connectivity index is 1.93. The molecule has 1 saturated carbocycles. The predicted molar refractivity (Wildman–Crippen MR) is 87.1 cm³/mol. The lowest BCUT2D eigenvalue weighted by molar-refractivity contribution is 0.130. The number of ether oxygens (including phenoxy) is 1. The highest BCUT2D eigenvalue weighted by Crippen LogP contribution is 2.28. The van der Waals surface area contributed by atoms with Gasteiger partial charge in [0.05, 0.1) is 6.61 Å². The zero-order chi connectivity index (χ0) is 15.2. The lowest BCUT2D eigenvalue weighted by atomic mass is 10.2. The van der Waals surface area contributed by atoms with Crippen LogP contribution in [0.15, 0.2) is 0 Å². The standard InChI is InChI=1S/C16H28N4O/c1-5-8-17-15-12(2)16(19-13(3)18-15)20(4)9-10-21-11-14-6-7-14/h14H,5-11H2,1-4H3,(H,17,18,19). The molecule has 118 valence electrons. The van der Waals surface area contributed by atoms with E-state index in [0.717, 1.165) is 61.7 Å². The van der Waals surface area contributed by atoms with Crippen molar-refractivity contribution in [1.29, 1.82) is 0 Å². The number of anilines is 2. The minimum Gasteiger partial charge on any atom is -0.379 e. The van der Waals surface area contributed by atoms with Gasteiger partial charge in [0, 0.05) is 32.3 Å². The summed E-state index contributed by atoms with van der Waals surface area (Å²) in [4.78, 5) is 11.2. The van der Waals surface area contributed by atoms with Gasteiger partial charge < -0.3 is 15.0 Å². The summed E-state index contributed by atoms with van der Waals surface area (Å²) in [7, 11) is 2.07. The molecule has 1 fully saturated rings. The number of nitrogens with zero attached hydrogens (tertiary/aromatic N) is 3. The molecule has 1 aliphatic carbocycles. The van der Waals surface area contributed by atoms with E-state index in [2.05, 4.69) is 41.1 Å². The molecule has 5 heteroatoms. The highest BCUT2D eigenvalue weighted by molar-refractivity contribution is 5.58. The summed E-state index contributed by atoms with van der Waals surface area (Å²) in [5.74, 6) is 3.57. The van der Waals surface area contributed by atoms with Gasteiger partial charge in [-0.2, -0.15) is 0 Å². The van der Waals surface area contributed by atoms with Gasteiger partial charge in [0.15, 0.2) is 0 Å². The van der Waals surface area contributed by atoms with Crippen LogP contribution in [-0.4, -0.2) is 43.3 Å². The van der Waals surface area contributed by atoms with Crippen LogP contribution in [0.4, 0.5) is 11.6 Å². The van der Waals surface area contributed by atoms with Crippen LogP contribution >= 0.6 is 0 Å². The molecular formula is C16H28N4O. The third-order valence-corrected chi connectivity index (χ3v) is 3.76. The highest BCUT2D eigenvalue weighted by atomic mass is 16.5. The summed E-state index contributed by atoms with van der Waals surface area (Å²) in [5.41, 5.74) is 1.11. The molecule has 0 amide bonds. The fourth-order valence-electron chi connectivity index (χ4n) is 2.24.